The first-order valence-electron chi connectivity index (χ1n) is 5.92. The third kappa shape index (κ3) is 3.66. The van der Waals surface area contributed by atoms with Gasteiger partial charge in [0, 0.05) is 21.7 Å². The van der Waals surface area contributed by atoms with Crippen LogP contribution in [0.4, 0.5) is 0 Å². The van der Waals surface area contributed by atoms with Crippen molar-refractivity contribution in [3.8, 4) is 0 Å². The maximum absolute atomic E-state index is 4.44. The Kier molecular flexibility index (Phi) is 4.95. The van der Waals surface area contributed by atoms with E-state index in [1.54, 1.807) is 0 Å². The molecule has 3 heteroatoms. The lowest BCUT2D eigenvalue weighted by atomic mass is 9.95. The lowest BCUT2D eigenvalue weighted by molar-refractivity contribution is 0.755. The maximum atomic E-state index is 4.44. The van der Waals surface area contributed by atoms with Crippen LogP contribution in [0, 0.1) is 6.92 Å². The number of nitrogens with zero attached hydrogens (tertiary/aromatic N) is 1. The van der Waals surface area contributed by atoms with Crippen LogP contribution in [0.5, 0.6) is 0 Å². The minimum atomic E-state index is 0.472. The zero-order chi connectivity index (χ0) is 13.0. The number of benzene rings is 1. The summed E-state index contributed by atoms with van der Waals surface area (Å²) in [6.07, 6.45) is 2.82. The molecule has 0 aliphatic rings. The van der Waals surface area contributed by atoms with Crippen molar-refractivity contribution in [3.63, 3.8) is 0 Å². The highest BCUT2D eigenvalue weighted by molar-refractivity contribution is 9.10. The van der Waals surface area contributed by atoms with E-state index in [0.29, 0.717) is 5.92 Å². The molecule has 2 aromatic rings. The first kappa shape index (κ1) is 13.8. The van der Waals surface area contributed by atoms with E-state index < -0.39 is 0 Å². The van der Waals surface area contributed by atoms with Gasteiger partial charge in [0.25, 0.3) is 0 Å². The van der Waals surface area contributed by atoms with Crippen LogP contribution in [0.15, 0.2) is 47.1 Å². The van der Waals surface area contributed by atoms with Crippen LogP contribution in [-0.2, 0) is 6.42 Å². The summed E-state index contributed by atoms with van der Waals surface area (Å²) in [5.41, 5.74) is 3.79. The summed E-state index contributed by atoms with van der Waals surface area (Å²) in [5.74, 6) is 0.472. The van der Waals surface area contributed by atoms with Crippen LogP contribution in [-0.4, -0.2) is 10.3 Å². The molecule has 94 valence electrons. The Morgan fingerprint density at radius 3 is 2.39 bits per heavy atom. The Morgan fingerprint density at radius 2 is 1.83 bits per heavy atom. The zero-order valence-electron chi connectivity index (χ0n) is 10.2. The van der Waals surface area contributed by atoms with E-state index in [1.165, 1.54) is 11.1 Å². The van der Waals surface area contributed by atoms with Gasteiger partial charge in [-0.3, -0.25) is 4.98 Å². The lowest BCUT2D eigenvalue weighted by Gasteiger charge is -2.14. The van der Waals surface area contributed by atoms with Crippen molar-refractivity contribution < 1.29 is 0 Å². The average Bonchev–Trinajstić information content (AvgIpc) is 2.39. The highest BCUT2D eigenvalue weighted by Gasteiger charge is 2.11. The monoisotopic (exact) mass is 367 g/mol. The van der Waals surface area contributed by atoms with E-state index in [-0.39, 0.29) is 0 Å². The van der Waals surface area contributed by atoms with E-state index in [0.717, 1.165) is 21.9 Å². The van der Waals surface area contributed by atoms with Gasteiger partial charge in [-0.25, -0.2) is 0 Å². The second-order valence-corrected chi connectivity index (χ2v) is 6.00. The molecule has 0 aliphatic heterocycles. The number of aromatic nitrogens is 1. The second kappa shape index (κ2) is 6.48. The van der Waals surface area contributed by atoms with Gasteiger partial charge in [-0.1, -0.05) is 45.8 Å². The molecule has 2 rings (SSSR count). The molecular weight excluding hydrogens is 354 g/mol. The van der Waals surface area contributed by atoms with Gasteiger partial charge >= 0.3 is 0 Å². The van der Waals surface area contributed by atoms with Crippen molar-refractivity contribution in [1.29, 1.82) is 0 Å². The fraction of sp³-hybridized carbons (Fsp3) is 0.267. The van der Waals surface area contributed by atoms with Crippen LogP contribution < -0.4 is 0 Å². The summed E-state index contributed by atoms with van der Waals surface area (Å²) < 4.78 is 1.02. The van der Waals surface area contributed by atoms with E-state index in [2.05, 4.69) is 74.1 Å². The average molecular weight is 369 g/mol. The van der Waals surface area contributed by atoms with Gasteiger partial charge in [-0.2, -0.15) is 0 Å². The smallest absolute Gasteiger partial charge is 0.0413 e. The van der Waals surface area contributed by atoms with E-state index in [1.807, 2.05) is 12.3 Å². The Balaban J connectivity index is 2.14. The molecular formula is C15H15Br2N. The topological polar surface area (TPSA) is 12.9 Å². The number of rotatable bonds is 4. The molecule has 0 saturated carbocycles. The second-order valence-electron chi connectivity index (χ2n) is 4.43. The largest absolute Gasteiger partial charge is 0.260 e. The fourth-order valence-corrected chi connectivity index (χ4v) is 2.72. The van der Waals surface area contributed by atoms with Crippen LogP contribution in [0.2, 0.25) is 0 Å². The van der Waals surface area contributed by atoms with Crippen molar-refractivity contribution in [2.75, 3.05) is 5.33 Å². The summed E-state index contributed by atoms with van der Waals surface area (Å²) in [7, 11) is 0. The predicted octanol–water partition coefficient (Wildman–Crippen LogP) is 4.87. The van der Waals surface area contributed by atoms with Gasteiger partial charge < -0.3 is 0 Å². The minimum absolute atomic E-state index is 0.472. The number of aryl methyl sites for hydroxylation is 1. The third-order valence-electron chi connectivity index (χ3n) is 2.98. The summed E-state index contributed by atoms with van der Waals surface area (Å²) in [4.78, 5) is 4.44. The van der Waals surface area contributed by atoms with Crippen LogP contribution >= 0.6 is 31.9 Å². The number of halogens is 2. The summed E-state index contributed by atoms with van der Waals surface area (Å²) in [6.45, 7) is 2.11. The highest BCUT2D eigenvalue weighted by Crippen LogP contribution is 2.23. The van der Waals surface area contributed by atoms with Gasteiger partial charge in [0.05, 0.1) is 0 Å². The Hall–Kier alpha value is -0.670. The van der Waals surface area contributed by atoms with Crippen LogP contribution in [0.1, 0.15) is 22.7 Å². The summed E-state index contributed by atoms with van der Waals surface area (Å²) in [5, 5.41) is 0.952. The zero-order valence-corrected chi connectivity index (χ0v) is 13.4. The first-order valence-corrected chi connectivity index (χ1v) is 7.83. The van der Waals surface area contributed by atoms with Gasteiger partial charge in [-0.05, 0) is 52.9 Å². The standard InChI is InChI=1S/C15H15Br2N/c1-11-2-4-12(5-3-11)13(9-16)8-15-7-6-14(17)10-18-15/h2-7,10,13H,8-9H2,1H3. The van der Waals surface area contributed by atoms with Gasteiger partial charge in [0.15, 0.2) is 0 Å². The SMILES string of the molecule is Cc1ccc(C(CBr)Cc2ccc(Br)cn2)cc1. The normalized spacial score (nSPS) is 12.4. The molecule has 0 N–H and O–H groups in total. The van der Waals surface area contributed by atoms with Crippen molar-refractivity contribution in [2.24, 2.45) is 0 Å². The number of hydrogen-bond acceptors (Lipinski definition) is 1. The number of alkyl halides is 1. The lowest BCUT2D eigenvalue weighted by Crippen LogP contribution is -2.05. The predicted molar refractivity (Wildman–Crippen MR) is 83.4 cm³/mol. The third-order valence-corrected chi connectivity index (χ3v) is 4.23. The van der Waals surface area contributed by atoms with Gasteiger partial charge in [0.2, 0.25) is 0 Å². The Morgan fingerprint density at radius 1 is 1.11 bits per heavy atom. The Labute approximate surface area is 125 Å². The maximum Gasteiger partial charge on any atom is 0.0413 e. The molecule has 18 heavy (non-hydrogen) atoms. The molecule has 1 heterocycles. The van der Waals surface area contributed by atoms with Gasteiger partial charge in [-0.15, -0.1) is 0 Å². The molecule has 0 aliphatic carbocycles. The molecule has 1 aromatic carbocycles. The van der Waals surface area contributed by atoms with E-state index >= 15 is 0 Å². The number of hydrogen-bond donors (Lipinski definition) is 0. The fourth-order valence-electron chi connectivity index (χ4n) is 1.88. The summed E-state index contributed by atoms with van der Waals surface area (Å²) >= 11 is 7.02. The molecule has 0 amide bonds. The molecule has 1 nitrogen and oxygen atoms in total. The quantitative estimate of drug-likeness (QED) is 0.701. The molecule has 1 atom stereocenters. The van der Waals surface area contributed by atoms with E-state index in [9.17, 15) is 0 Å². The molecule has 1 aromatic heterocycles. The van der Waals surface area contributed by atoms with Gasteiger partial charge in [0.1, 0.15) is 0 Å². The highest BCUT2D eigenvalue weighted by atomic mass is 79.9. The molecule has 0 radical (unpaired) electrons. The molecule has 0 bridgehead atoms. The van der Waals surface area contributed by atoms with E-state index in [4.69, 9.17) is 0 Å². The summed E-state index contributed by atoms with van der Waals surface area (Å²) in [6, 6.07) is 12.9. The van der Waals surface area contributed by atoms with Crippen molar-refractivity contribution in [1.82, 2.24) is 4.98 Å². The van der Waals surface area contributed by atoms with Crippen molar-refractivity contribution in [3.05, 3.63) is 63.9 Å². The first-order chi connectivity index (χ1) is 8.69. The van der Waals surface area contributed by atoms with Crippen molar-refractivity contribution in [2.45, 2.75) is 19.3 Å². The Bertz CT molecular complexity index is 491. The molecule has 0 saturated heterocycles. The van der Waals surface area contributed by atoms with Crippen LogP contribution in [0.3, 0.4) is 0 Å². The molecule has 0 spiro atoms. The van der Waals surface area contributed by atoms with Crippen LogP contribution in [0.25, 0.3) is 0 Å². The van der Waals surface area contributed by atoms with Crippen molar-refractivity contribution >= 4 is 31.9 Å². The number of pyridine rings is 1. The molecule has 0 fully saturated rings. The molecule has 1 unspecified atom stereocenters. The minimum Gasteiger partial charge on any atom is -0.260 e.